The summed E-state index contributed by atoms with van der Waals surface area (Å²) in [6, 6.07) is 19.9. The van der Waals surface area contributed by atoms with Crippen LogP contribution in [0.2, 0.25) is 0 Å². The fourth-order valence-corrected chi connectivity index (χ4v) is 4.62. The number of halogens is 1. The van der Waals surface area contributed by atoms with Gasteiger partial charge in [-0.05, 0) is 59.4 Å². The molecule has 0 radical (unpaired) electrons. The first-order chi connectivity index (χ1) is 15.1. The average Bonchev–Trinajstić information content (AvgIpc) is 2.80. The Bertz CT molecular complexity index is 1400. The third kappa shape index (κ3) is 3.78. The summed E-state index contributed by atoms with van der Waals surface area (Å²) in [6.45, 7) is 2.15. The molecule has 1 N–H and O–H groups in total. The lowest BCUT2D eigenvalue weighted by Crippen LogP contribution is -2.30. The molecule has 0 saturated heterocycles. The third-order valence-corrected chi connectivity index (χ3v) is 6.08. The quantitative estimate of drug-likeness (QED) is 0.256. The fraction of sp³-hybridized carbons (Fsp3) is 0.148. The van der Waals surface area contributed by atoms with Gasteiger partial charge >= 0.3 is 0 Å². The molecule has 0 aliphatic heterocycles. The number of hydrogen-bond donors (Lipinski definition) is 1. The molecule has 6 rings (SSSR count). The molecule has 0 saturated carbocycles. The van der Waals surface area contributed by atoms with Gasteiger partial charge in [-0.2, -0.15) is 0 Å². The van der Waals surface area contributed by atoms with Gasteiger partial charge in [-0.3, -0.25) is 0 Å². The van der Waals surface area contributed by atoms with Crippen LogP contribution < -0.4 is 4.85 Å². The van der Waals surface area contributed by atoms with E-state index in [-0.39, 0.29) is 12.4 Å². The molecule has 32 heavy (non-hydrogen) atoms. The topological polar surface area (TPSA) is 63.7 Å². The van der Waals surface area contributed by atoms with Crippen molar-refractivity contribution in [3.8, 4) is 0 Å². The maximum atomic E-state index is 11.0. The third-order valence-electron chi connectivity index (χ3n) is 6.08. The zero-order valence-corrected chi connectivity index (χ0v) is 18.7. The van der Waals surface area contributed by atoms with Crippen molar-refractivity contribution in [3.05, 3.63) is 106 Å². The van der Waals surface area contributed by atoms with Gasteiger partial charge in [0.25, 0.3) is 5.52 Å². The van der Waals surface area contributed by atoms with Crippen molar-refractivity contribution < 1.29 is 4.85 Å². The number of aromatic nitrogens is 2. The van der Waals surface area contributed by atoms with Crippen molar-refractivity contribution in [1.29, 1.82) is 5.41 Å². The highest BCUT2D eigenvalue weighted by Crippen LogP contribution is 2.40. The molecule has 0 unspecified atom stereocenters. The number of benzene rings is 3. The van der Waals surface area contributed by atoms with Crippen LogP contribution in [0.4, 0.5) is 0 Å². The molecule has 0 spiro atoms. The summed E-state index contributed by atoms with van der Waals surface area (Å²) in [5.74, 6) is 0. The number of aryl methyl sites for hydroxylation is 1. The Hall–Kier alpha value is -3.50. The van der Waals surface area contributed by atoms with Crippen LogP contribution in [0.1, 0.15) is 36.0 Å². The van der Waals surface area contributed by atoms with E-state index < -0.39 is 0 Å². The van der Waals surface area contributed by atoms with E-state index in [0.29, 0.717) is 10.4 Å². The van der Waals surface area contributed by atoms with E-state index >= 15 is 0 Å². The van der Waals surface area contributed by atoms with Gasteiger partial charge < -0.3 is 10.6 Å². The van der Waals surface area contributed by atoms with Crippen LogP contribution in [0.3, 0.4) is 0 Å². The second kappa shape index (κ2) is 8.93. The first-order valence-electron chi connectivity index (χ1n) is 10.6. The monoisotopic (exact) mass is 441 g/mol. The summed E-state index contributed by atoms with van der Waals surface area (Å²) >= 11 is 0. The number of hydrogen-bond acceptors (Lipinski definition) is 3. The number of nitrogens with zero attached hydrogens (tertiary/aromatic N) is 2. The first-order valence-corrected chi connectivity index (χ1v) is 10.6. The van der Waals surface area contributed by atoms with Crippen LogP contribution in [0.25, 0.3) is 27.2 Å². The molecule has 0 fully saturated rings. The van der Waals surface area contributed by atoms with Crippen molar-refractivity contribution in [2.24, 2.45) is 0 Å². The minimum Gasteiger partial charge on any atom is -0.594 e. The summed E-state index contributed by atoms with van der Waals surface area (Å²) in [4.78, 5) is 0.620. The summed E-state index contributed by atoms with van der Waals surface area (Å²) in [7, 11) is 0. The largest absolute Gasteiger partial charge is 0.594 e. The van der Waals surface area contributed by atoms with Crippen LogP contribution in [0.5, 0.6) is 0 Å². The maximum Gasteiger partial charge on any atom is 0.252 e. The summed E-state index contributed by atoms with van der Waals surface area (Å²) in [5, 5.41) is 26.5. The standard InChI is InChI=1S/C19H17N.C8H6N2O.ClH/c1-12-5-4-7-13-9-10-16-15-8-3-2-6-14(15)11-17(20)19(16)18(12)13;11-10-8-4-2-1-3-7(8)5-6-9-10;/h3-5,7-10,20H,2,6,11H2,1H3;1-6H;1H. The number of allylic oxidation sites excluding steroid dienone is 4. The SMILES string of the molecule is Cc1cccc2ccc3c(c12)C(=N)CC1=C3C=CCC1.Cl.[O-][n+]1nccc2ccccc21. The number of para-hydroxylation sites is 1. The minimum atomic E-state index is 0. The smallest absolute Gasteiger partial charge is 0.252 e. The van der Waals surface area contributed by atoms with Crippen molar-refractivity contribution >= 4 is 45.4 Å². The van der Waals surface area contributed by atoms with E-state index in [4.69, 9.17) is 5.41 Å². The lowest BCUT2D eigenvalue weighted by atomic mass is 9.78. The van der Waals surface area contributed by atoms with Gasteiger partial charge in [0.15, 0.2) is 0 Å². The van der Waals surface area contributed by atoms with Crippen LogP contribution in [0, 0.1) is 17.5 Å². The van der Waals surface area contributed by atoms with Gasteiger partial charge in [-0.15, -0.1) is 12.4 Å². The highest BCUT2D eigenvalue weighted by molar-refractivity contribution is 6.17. The lowest BCUT2D eigenvalue weighted by molar-refractivity contribution is -0.642. The number of rotatable bonds is 0. The predicted molar refractivity (Wildman–Crippen MR) is 133 cm³/mol. The molecule has 2 aliphatic carbocycles. The van der Waals surface area contributed by atoms with Gasteiger partial charge in [-0.1, -0.05) is 65.0 Å². The van der Waals surface area contributed by atoms with Crippen LogP contribution in [-0.4, -0.2) is 10.8 Å². The number of nitrogens with one attached hydrogen (secondary N) is 1. The molecule has 0 atom stereocenters. The molecular weight excluding hydrogens is 418 g/mol. The Balaban J connectivity index is 0.000000174. The number of fused-ring (bicyclic) bond motifs is 5. The molecule has 5 heteroatoms. The molecule has 160 valence electrons. The molecule has 0 amide bonds. The Morgan fingerprint density at radius 3 is 2.62 bits per heavy atom. The summed E-state index contributed by atoms with van der Waals surface area (Å²) in [5.41, 5.74) is 7.89. The fourth-order valence-electron chi connectivity index (χ4n) is 4.62. The molecule has 4 nitrogen and oxygen atoms in total. The van der Waals surface area contributed by atoms with Gasteiger partial charge in [-0.25, -0.2) is 0 Å². The van der Waals surface area contributed by atoms with E-state index in [1.807, 2.05) is 24.3 Å². The minimum absolute atomic E-state index is 0. The molecular formula is C27H24ClN3O. The van der Waals surface area contributed by atoms with Gasteiger partial charge in [0.1, 0.15) is 0 Å². The molecule has 3 aromatic carbocycles. The highest BCUT2D eigenvalue weighted by atomic mass is 35.5. The van der Waals surface area contributed by atoms with Gasteiger partial charge in [0.2, 0.25) is 0 Å². The Labute approximate surface area is 193 Å². The average molecular weight is 442 g/mol. The van der Waals surface area contributed by atoms with Crippen LogP contribution >= 0.6 is 12.4 Å². The van der Waals surface area contributed by atoms with Crippen molar-refractivity contribution in [2.45, 2.75) is 26.2 Å². The van der Waals surface area contributed by atoms with Crippen molar-refractivity contribution in [1.82, 2.24) is 5.10 Å². The summed E-state index contributed by atoms with van der Waals surface area (Å²) in [6.07, 6.45) is 9.07. The molecule has 1 heterocycles. The van der Waals surface area contributed by atoms with Gasteiger partial charge in [0.05, 0.1) is 11.6 Å². The van der Waals surface area contributed by atoms with Crippen LogP contribution in [-0.2, 0) is 0 Å². The second-order valence-electron chi connectivity index (χ2n) is 8.04. The normalized spacial score (nSPS) is 14.3. The Morgan fingerprint density at radius 2 is 1.78 bits per heavy atom. The summed E-state index contributed by atoms with van der Waals surface area (Å²) < 4.78 is 0. The second-order valence-corrected chi connectivity index (χ2v) is 8.04. The highest BCUT2D eigenvalue weighted by Gasteiger charge is 2.24. The van der Waals surface area contributed by atoms with Crippen LogP contribution in [0.15, 0.2) is 84.6 Å². The Kier molecular flexibility index (Phi) is 6.06. The van der Waals surface area contributed by atoms with E-state index in [9.17, 15) is 5.21 Å². The molecule has 1 aromatic heterocycles. The Morgan fingerprint density at radius 1 is 0.969 bits per heavy atom. The molecule has 4 aromatic rings. The maximum absolute atomic E-state index is 11.0. The molecule has 2 aliphatic rings. The van der Waals surface area contributed by atoms with Gasteiger partial charge in [0, 0.05) is 28.9 Å². The van der Waals surface area contributed by atoms with E-state index in [0.717, 1.165) is 35.9 Å². The lowest BCUT2D eigenvalue weighted by Gasteiger charge is -2.26. The van der Waals surface area contributed by atoms with E-state index in [2.05, 4.69) is 54.5 Å². The van der Waals surface area contributed by atoms with E-state index in [1.54, 1.807) is 6.07 Å². The first kappa shape index (κ1) is 21.7. The van der Waals surface area contributed by atoms with E-state index in [1.165, 1.54) is 39.2 Å². The van der Waals surface area contributed by atoms with Crippen molar-refractivity contribution in [3.63, 3.8) is 0 Å². The predicted octanol–water partition coefficient (Wildman–Crippen LogP) is 6.31. The zero-order valence-electron chi connectivity index (χ0n) is 17.8. The molecule has 0 bridgehead atoms. The van der Waals surface area contributed by atoms with Crippen molar-refractivity contribution in [2.75, 3.05) is 0 Å². The zero-order chi connectivity index (χ0) is 21.4.